The fourth-order valence-electron chi connectivity index (χ4n) is 4.27. The van der Waals surface area contributed by atoms with Gasteiger partial charge in [-0.2, -0.15) is 18.2 Å². The molecule has 0 N–H and O–H groups in total. The third-order valence-corrected chi connectivity index (χ3v) is 6.14. The van der Waals surface area contributed by atoms with Crippen molar-refractivity contribution in [2.45, 2.75) is 38.9 Å². The molecule has 13 heteroatoms. The summed E-state index contributed by atoms with van der Waals surface area (Å²) in [5, 5.41) is 8.50. The number of rotatable bonds is 5. The van der Waals surface area contributed by atoms with Gasteiger partial charge in [-0.25, -0.2) is 14.4 Å². The third-order valence-electron chi connectivity index (χ3n) is 5.83. The molecule has 1 aliphatic rings. The SMILES string of the molecule is CCC1c2nnc(C)n2-c2cnc(-n3ccnc3-c3ccc(F)cc3Cl)nc2N1CCC(F)(F)F. The van der Waals surface area contributed by atoms with Gasteiger partial charge in [-0.05, 0) is 31.5 Å². The van der Waals surface area contributed by atoms with Crippen molar-refractivity contribution in [2.75, 3.05) is 11.4 Å². The van der Waals surface area contributed by atoms with E-state index in [-0.39, 0.29) is 17.5 Å². The minimum absolute atomic E-state index is 0.151. The van der Waals surface area contributed by atoms with E-state index in [1.54, 1.807) is 27.2 Å². The Balaban J connectivity index is 1.65. The number of fused-ring (bicyclic) bond motifs is 3. The smallest absolute Gasteiger partial charge is 0.344 e. The molecule has 0 amide bonds. The average molecular weight is 507 g/mol. The highest BCUT2D eigenvalue weighted by Gasteiger charge is 2.37. The molecule has 1 aromatic carbocycles. The van der Waals surface area contributed by atoms with E-state index in [4.69, 9.17) is 11.6 Å². The number of hydrogen-bond donors (Lipinski definition) is 0. The lowest BCUT2D eigenvalue weighted by atomic mass is 10.1. The maximum atomic E-state index is 13.6. The number of nitrogens with zero attached hydrogens (tertiary/aromatic N) is 8. The fourth-order valence-corrected chi connectivity index (χ4v) is 4.52. The molecule has 0 fully saturated rings. The molecule has 0 spiro atoms. The molecule has 0 bridgehead atoms. The van der Waals surface area contributed by atoms with Crippen molar-refractivity contribution in [1.82, 2.24) is 34.3 Å². The van der Waals surface area contributed by atoms with Crippen LogP contribution in [-0.4, -0.2) is 47.0 Å². The van der Waals surface area contributed by atoms with Crippen LogP contribution in [-0.2, 0) is 0 Å². The van der Waals surface area contributed by atoms with Crippen LogP contribution in [0.5, 0.6) is 0 Å². The predicted molar refractivity (Wildman–Crippen MR) is 120 cm³/mol. The van der Waals surface area contributed by atoms with Gasteiger partial charge in [-0.15, -0.1) is 10.2 Å². The molecule has 0 aliphatic carbocycles. The van der Waals surface area contributed by atoms with Crippen molar-refractivity contribution in [3.8, 4) is 23.0 Å². The maximum Gasteiger partial charge on any atom is 0.390 e. The topological polar surface area (TPSA) is 77.5 Å². The number of hydrogen-bond acceptors (Lipinski definition) is 6. The van der Waals surface area contributed by atoms with Gasteiger partial charge in [0.2, 0.25) is 5.95 Å². The van der Waals surface area contributed by atoms with E-state index in [1.165, 1.54) is 30.6 Å². The van der Waals surface area contributed by atoms with Gasteiger partial charge in [0.15, 0.2) is 11.6 Å². The molecule has 0 saturated heterocycles. The van der Waals surface area contributed by atoms with Gasteiger partial charge in [0.1, 0.15) is 23.2 Å². The normalized spacial score (nSPS) is 15.3. The summed E-state index contributed by atoms with van der Waals surface area (Å²) in [6.07, 6.45) is -0.220. The minimum atomic E-state index is -4.34. The lowest BCUT2D eigenvalue weighted by Crippen LogP contribution is -2.38. The molecule has 1 unspecified atom stereocenters. The summed E-state index contributed by atoms with van der Waals surface area (Å²) in [5.74, 6) is 1.49. The van der Waals surface area contributed by atoms with Crippen LogP contribution in [0.15, 0.2) is 36.8 Å². The second kappa shape index (κ2) is 8.59. The molecule has 5 rings (SSSR count). The van der Waals surface area contributed by atoms with E-state index in [0.29, 0.717) is 41.0 Å². The Labute approximate surface area is 202 Å². The van der Waals surface area contributed by atoms with Crippen molar-refractivity contribution in [3.05, 3.63) is 59.3 Å². The number of imidazole rings is 1. The van der Waals surface area contributed by atoms with Crippen molar-refractivity contribution in [1.29, 1.82) is 0 Å². The van der Waals surface area contributed by atoms with Gasteiger partial charge in [-0.3, -0.25) is 9.13 Å². The lowest BCUT2D eigenvalue weighted by Gasteiger charge is -2.37. The minimum Gasteiger partial charge on any atom is -0.344 e. The van der Waals surface area contributed by atoms with Crippen LogP contribution in [0.1, 0.15) is 37.5 Å². The van der Waals surface area contributed by atoms with Crippen LogP contribution in [0.3, 0.4) is 0 Å². The van der Waals surface area contributed by atoms with Crippen molar-refractivity contribution in [2.24, 2.45) is 0 Å². The van der Waals surface area contributed by atoms with E-state index < -0.39 is 24.5 Å². The first-order chi connectivity index (χ1) is 16.7. The lowest BCUT2D eigenvalue weighted by molar-refractivity contribution is -0.132. The summed E-state index contributed by atoms with van der Waals surface area (Å²) in [6.45, 7) is 3.33. The monoisotopic (exact) mass is 506 g/mol. The predicted octanol–water partition coefficient (Wildman–Crippen LogP) is 5.23. The zero-order valence-corrected chi connectivity index (χ0v) is 19.4. The van der Waals surface area contributed by atoms with Gasteiger partial charge >= 0.3 is 6.18 Å². The Morgan fingerprint density at radius 2 is 1.94 bits per heavy atom. The summed E-state index contributed by atoms with van der Waals surface area (Å²) >= 11 is 6.24. The largest absolute Gasteiger partial charge is 0.390 e. The Morgan fingerprint density at radius 3 is 2.66 bits per heavy atom. The van der Waals surface area contributed by atoms with Crippen molar-refractivity contribution in [3.63, 3.8) is 0 Å². The van der Waals surface area contributed by atoms with Gasteiger partial charge in [0.25, 0.3) is 0 Å². The molecule has 0 saturated carbocycles. The molecule has 3 aromatic heterocycles. The number of aryl methyl sites for hydroxylation is 1. The first kappa shape index (κ1) is 23.2. The van der Waals surface area contributed by atoms with Gasteiger partial charge in [0, 0.05) is 24.5 Å². The third kappa shape index (κ3) is 4.11. The second-order valence-electron chi connectivity index (χ2n) is 8.05. The highest BCUT2D eigenvalue weighted by Crippen LogP contribution is 2.40. The molecular formula is C22H19ClF4N8. The first-order valence-corrected chi connectivity index (χ1v) is 11.2. The van der Waals surface area contributed by atoms with E-state index >= 15 is 0 Å². The number of anilines is 1. The maximum absolute atomic E-state index is 13.6. The summed E-state index contributed by atoms with van der Waals surface area (Å²) in [4.78, 5) is 15.0. The Kier molecular flexibility index (Phi) is 5.70. The van der Waals surface area contributed by atoms with E-state index in [1.807, 2.05) is 6.92 Å². The van der Waals surface area contributed by atoms with Crippen LogP contribution >= 0.6 is 11.6 Å². The number of alkyl halides is 3. The van der Waals surface area contributed by atoms with E-state index in [0.717, 1.165) is 0 Å². The van der Waals surface area contributed by atoms with Gasteiger partial charge in [0.05, 0.1) is 23.7 Å². The zero-order valence-electron chi connectivity index (χ0n) is 18.6. The van der Waals surface area contributed by atoms with Crippen LogP contribution in [0.4, 0.5) is 23.4 Å². The molecule has 1 atom stereocenters. The molecular weight excluding hydrogens is 488 g/mol. The van der Waals surface area contributed by atoms with Crippen LogP contribution in [0.25, 0.3) is 23.0 Å². The Bertz CT molecular complexity index is 1400. The molecule has 182 valence electrons. The summed E-state index contributed by atoms with van der Waals surface area (Å²) in [7, 11) is 0. The van der Waals surface area contributed by atoms with Gasteiger partial charge in [-0.1, -0.05) is 18.5 Å². The standard InChI is InChI=1S/C22H19ClF4N8/c1-3-16-20-32-31-12(2)35(20)17-11-29-21(30-19(17)33(16)8-6-22(25,26)27)34-9-7-28-18(34)14-5-4-13(24)10-15(14)23/h4-5,7,9-11,16H,3,6,8H2,1-2H3. The molecule has 0 radical (unpaired) electrons. The van der Waals surface area contributed by atoms with E-state index in [2.05, 4.69) is 25.1 Å². The quantitative estimate of drug-likeness (QED) is 0.345. The molecule has 4 aromatic rings. The van der Waals surface area contributed by atoms with E-state index in [9.17, 15) is 17.6 Å². The Morgan fingerprint density at radius 1 is 1.14 bits per heavy atom. The first-order valence-electron chi connectivity index (χ1n) is 10.8. The number of halogens is 5. The second-order valence-corrected chi connectivity index (χ2v) is 8.45. The van der Waals surface area contributed by atoms with Crippen LogP contribution in [0, 0.1) is 12.7 Å². The molecule has 1 aliphatic heterocycles. The highest BCUT2D eigenvalue weighted by atomic mass is 35.5. The molecule has 35 heavy (non-hydrogen) atoms. The average Bonchev–Trinajstić information content (AvgIpc) is 3.43. The Hall–Kier alpha value is -3.54. The summed E-state index contributed by atoms with van der Waals surface area (Å²) in [6, 6.07) is 3.46. The number of aromatic nitrogens is 7. The van der Waals surface area contributed by atoms with Crippen LogP contribution in [0.2, 0.25) is 5.02 Å². The number of benzene rings is 1. The van der Waals surface area contributed by atoms with Gasteiger partial charge < -0.3 is 4.90 Å². The highest BCUT2D eigenvalue weighted by molar-refractivity contribution is 6.33. The molecule has 4 heterocycles. The summed E-state index contributed by atoms with van der Waals surface area (Å²) < 4.78 is 56.4. The molecule has 8 nitrogen and oxygen atoms in total. The van der Waals surface area contributed by atoms with Crippen LogP contribution < -0.4 is 4.90 Å². The fraction of sp³-hybridized carbons (Fsp3) is 0.318. The van der Waals surface area contributed by atoms with Crippen molar-refractivity contribution < 1.29 is 17.6 Å². The van der Waals surface area contributed by atoms with Crippen molar-refractivity contribution >= 4 is 17.4 Å². The zero-order chi connectivity index (χ0) is 24.9. The summed E-state index contributed by atoms with van der Waals surface area (Å²) in [5.41, 5.74) is 0.941.